The van der Waals surface area contributed by atoms with E-state index in [1.54, 1.807) is 12.3 Å². The minimum absolute atomic E-state index is 0.232. The van der Waals surface area contributed by atoms with Crippen LogP contribution in [0.4, 0.5) is 10.1 Å². The van der Waals surface area contributed by atoms with Gasteiger partial charge >= 0.3 is 0 Å². The van der Waals surface area contributed by atoms with Crippen molar-refractivity contribution in [3.63, 3.8) is 0 Å². The molecule has 17 heavy (non-hydrogen) atoms. The first-order chi connectivity index (χ1) is 8.15. The van der Waals surface area contributed by atoms with Crippen LogP contribution in [0.5, 0.6) is 0 Å². The van der Waals surface area contributed by atoms with Crippen molar-refractivity contribution in [1.82, 2.24) is 9.97 Å². The second-order valence-electron chi connectivity index (χ2n) is 3.57. The van der Waals surface area contributed by atoms with Gasteiger partial charge in [-0.15, -0.1) is 11.8 Å². The Bertz CT molecular complexity index is 531. The summed E-state index contributed by atoms with van der Waals surface area (Å²) in [4.78, 5) is 9.25. The molecule has 2 N–H and O–H groups in total. The minimum Gasteiger partial charge on any atom is -0.396 e. The maximum Gasteiger partial charge on any atom is 0.138 e. The molecule has 0 amide bonds. The van der Waals surface area contributed by atoms with Crippen LogP contribution in [-0.2, 0) is 5.75 Å². The molecule has 88 valence electrons. The number of hydrogen-bond donors (Lipinski definition) is 1. The molecular weight excluding hydrogens is 237 g/mol. The molecule has 0 aliphatic heterocycles. The molecule has 0 radical (unpaired) electrons. The maximum absolute atomic E-state index is 12.9. The third-order valence-electron chi connectivity index (χ3n) is 2.23. The summed E-state index contributed by atoms with van der Waals surface area (Å²) in [6.07, 6.45) is 1.60. The molecule has 2 rings (SSSR count). The van der Waals surface area contributed by atoms with Crippen molar-refractivity contribution in [3.8, 4) is 0 Å². The summed E-state index contributed by atoms with van der Waals surface area (Å²) in [5.41, 5.74) is 6.99. The Kier molecular flexibility index (Phi) is 3.58. The average Bonchev–Trinajstić information content (AvgIpc) is 2.31. The predicted molar refractivity (Wildman–Crippen MR) is 67.1 cm³/mol. The number of halogens is 1. The standard InChI is InChI=1S/C12H12FN3S/c1-8-11(14)6-15-12(16-8)7-17-10-4-2-3-9(13)5-10/h2-6H,7,14H2,1H3. The number of thioether (sulfide) groups is 1. The van der Waals surface area contributed by atoms with Gasteiger partial charge in [0.2, 0.25) is 0 Å². The van der Waals surface area contributed by atoms with Crippen molar-refractivity contribution in [2.45, 2.75) is 17.6 Å². The highest BCUT2D eigenvalue weighted by molar-refractivity contribution is 7.98. The van der Waals surface area contributed by atoms with E-state index in [-0.39, 0.29) is 5.82 Å². The van der Waals surface area contributed by atoms with Crippen LogP contribution < -0.4 is 5.73 Å². The van der Waals surface area contributed by atoms with Gasteiger partial charge in [0, 0.05) is 4.90 Å². The van der Waals surface area contributed by atoms with Gasteiger partial charge in [0.15, 0.2) is 0 Å². The zero-order chi connectivity index (χ0) is 12.3. The quantitative estimate of drug-likeness (QED) is 0.850. The second-order valence-corrected chi connectivity index (χ2v) is 4.62. The summed E-state index contributed by atoms with van der Waals surface area (Å²) < 4.78 is 12.9. The lowest BCUT2D eigenvalue weighted by Gasteiger charge is -2.03. The van der Waals surface area contributed by atoms with Crippen molar-refractivity contribution < 1.29 is 4.39 Å². The molecule has 5 heteroatoms. The topological polar surface area (TPSA) is 51.8 Å². The zero-order valence-corrected chi connectivity index (χ0v) is 10.2. The van der Waals surface area contributed by atoms with Gasteiger partial charge in [0.1, 0.15) is 11.6 Å². The molecule has 1 aromatic heterocycles. The maximum atomic E-state index is 12.9. The number of aryl methyl sites for hydroxylation is 1. The van der Waals surface area contributed by atoms with Gasteiger partial charge in [-0.05, 0) is 25.1 Å². The lowest BCUT2D eigenvalue weighted by Crippen LogP contribution is -1.99. The van der Waals surface area contributed by atoms with Crippen molar-refractivity contribution in [2.24, 2.45) is 0 Å². The first kappa shape index (κ1) is 11.9. The van der Waals surface area contributed by atoms with E-state index in [0.29, 0.717) is 17.3 Å². The fraction of sp³-hybridized carbons (Fsp3) is 0.167. The molecule has 3 nitrogen and oxygen atoms in total. The first-order valence-electron chi connectivity index (χ1n) is 5.11. The smallest absolute Gasteiger partial charge is 0.138 e. The van der Waals surface area contributed by atoms with Crippen molar-refractivity contribution in [3.05, 3.63) is 47.8 Å². The molecule has 1 heterocycles. The zero-order valence-electron chi connectivity index (χ0n) is 9.35. The van der Waals surface area contributed by atoms with E-state index >= 15 is 0 Å². The number of nitrogens with two attached hydrogens (primary N) is 1. The van der Waals surface area contributed by atoms with Gasteiger partial charge in [0.25, 0.3) is 0 Å². The molecule has 0 unspecified atom stereocenters. The first-order valence-corrected chi connectivity index (χ1v) is 6.10. The van der Waals surface area contributed by atoms with Gasteiger partial charge in [-0.2, -0.15) is 0 Å². The Balaban J connectivity index is 2.05. The number of nitrogens with zero attached hydrogens (tertiary/aromatic N) is 2. The van der Waals surface area contributed by atoms with Crippen molar-refractivity contribution >= 4 is 17.4 Å². The van der Waals surface area contributed by atoms with E-state index in [1.165, 1.54) is 23.9 Å². The molecule has 1 aromatic carbocycles. The highest BCUT2D eigenvalue weighted by Crippen LogP contribution is 2.22. The number of hydrogen-bond acceptors (Lipinski definition) is 4. The van der Waals surface area contributed by atoms with Crippen LogP contribution in [0.3, 0.4) is 0 Å². The van der Waals surface area contributed by atoms with Gasteiger partial charge < -0.3 is 5.73 Å². The van der Waals surface area contributed by atoms with Gasteiger partial charge in [-0.25, -0.2) is 14.4 Å². The Morgan fingerprint density at radius 1 is 1.41 bits per heavy atom. The molecule has 0 saturated heterocycles. The van der Waals surface area contributed by atoms with Crippen LogP contribution >= 0.6 is 11.8 Å². The third kappa shape index (κ3) is 3.17. The summed E-state index contributed by atoms with van der Waals surface area (Å²) in [5.74, 6) is 1.07. The lowest BCUT2D eigenvalue weighted by molar-refractivity contribution is 0.624. The molecule has 2 aromatic rings. The molecule has 0 fully saturated rings. The normalized spacial score (nSPS) is 10.5. The van der Waals surface area contributed by atoms with Crippen LogP contribution in [0, 0.1) is 12.7 Å². The highest BCUT2D eigenvalue weighted by Gasteiger charge is 2.02. The molecule has 0 aliphatic carbocycles. The van der Waals surface area contributed by atoms with Crippen LogP contribution in [0.1, 0.15) is 11.5 Å². The van der Waals surface area contributed by atoms with E-state index in [4.69, 9.17) is 5.73 Å². The van der Waals surface area contributed by atoms with Crippen molar-refractivity contribution in [1.29, 1.82) is 0 Å². The van der Waals surface area contributed by atoms with Crippen LogP contribution in [0.25, 0.3) is 0 Å². The number of nitrogen functional groups attached to an aromatic ring is 1. The van der Waals surface area contributed by atoms with Crippen LogP contribution in [0.15, 0.2) is 35.4 Å². The van der Waals surface area contributed by atoms with Gasteiger partial charge in [0.05, 0.1) is 23.3 Å². The monoisotopic (exact) mass is 249 g/mol. The number of benzene rings is 1. The lowest BCUT2D eigenvalue weighted by atomic mass is 10.4. The van der Waals surface area contributed by atoms with Gasteiger partial charge in [-0.3, -0.25) is 0 Å². The average molecular weight is 249 g/mol. The SMILES string of the molecule is Cc1nc(CSc2cccc(F)c2)ncc1N. The molecule has 0 spiro atoms. The van der Waals surface area contributed by atoms with E-state index in [0.717, 1.165) is 10.6 Å². The molecule has 0 atom stereocenters. The summed E-state index contributed by atoms with van der Waals surface area (Å²) in [6.45, 7) is 1.84. The van der Waals surface area contributed by atoms with E-state index in [9.17, 15) is 4.39 Å². The van der Waals surface area contributed by atoms with E-state index < -0.39 is 0 Å². The third-order valence-corrected chi connectivity index (χ3v) is 3.22. The molecule has 0 bridgehead atoms. The Morgan fingerprint density at radius 2 is 2.24 bits per heavy atom. The van der Waals surface area contributed by atoms with Crippen LogP contribution in [0.2, 0.25) is 0 Å². The Hall–Kier alpha value is -1.62. The summed E-state index contributed by atoms with van der Waals surface area (Å²) >= 11 is 1.50. The summed E-state index contributed by atoms with van der Waals surface area (Å²) in [5, 5.41) is 0. The minimum atomic E-state index is -0.232. The van der Waals surface area contributed by atoms with Crippen molar-refractivity contribution in [2.75, 3.05) is 5.73 Å². The summed E-state index contributed by atoms with van der Waals surface area (Å²) in [6, 6.07) is 6.47. The number of aromatic nitrogens is 2. The Labute approximate surface area is 103 Å². The van der Waals surface area contributed by atoms with E-state index in [1.807, 2.05) is 13.0 Å². The second kappa shape index (κ2) is 5.14. The number of rotatable bonds is 3. The number of anilines is 1. The highest BCUT2D eigenvalue weighted by atomic mass is 32.2. The summed E-state index contributed by atoms with van der Waals surface area (Å²) in [7, 11) is 0. The fourth-order valence-corrected chi connectivity index (χ4v) is 2.10. The molecule has 0 aliphatic rings. The fourth-order valence-electron chi connectivity index (χ4n) is 1.30. The van der Waals surface area contributed by atoms with Crippen LogP contribution in [-0.4, -0.2) is 9.97 Å². The Morgan fingerprint density at radius 3 is 2.94 bits per heavy atom. The van der Waals surface area contributed by atoms with Gasteiger partial charge in [-0.1, -0.05) is 6.07 Å². The predicted octanol–water partition coefficient (Wildman–Crippen LogP) is 2.80. The molecule has 0 saturated carbocycles. The molecular formula is C12H12FN3S. The van der Waals surface area contributed by atoms with E-state index in [2.05, 4.69) is 9.97 Å². The largest absolute Gasteiger partial charge is 0.396 e.